The molecule has 4 heteroatoms. The molecule has 98 valence electrons. The summed E-state index contributed by atoms with van der Waals surface area (Å²) >= 11 is 0. The molecule has 0 saturated carbocycles. The number of carboxylic acid groups (broad SMARTS) is 1. The first-order valence-corrected chi connectivity index (χ1v) is 5.98. The predicted octanol–water partition coefficient (Wildman–Crippen LogP) is 2.17. The van der Waals surface area contributed by atoms with E-state index in [1.165, 1.54) is 0 Å². The third-order valence-electron chi connectivity index (χ3n) is 2.83. The normalized spacial score (nSPS) is 14.4. The van der Waals surface area contributed by atoms with Gasteiger partial charge in [-0.15, -0.1) is 0 Å². The summed E-state index contributed by atoms with van der Waals surface area (Å²) in [7, 11) is 0. The Balaban J connectivity index is 2.09. The van der Waals surface area contributed by atoms with E-state index < -0.39 is 12.0 Å². The fourth-order valence-electron chi connectivity index (χ4n) is 1.83. The molecule has 4 nitrogen and oxygen atoms in total. The number of carboxylic acids is 1. The summed E-state index contributed by atoms with van der Waals surface area (Å²) < 4.78 is 0. The predicted molar refractivity (Wildman–Crippen MR) is 72.6 cm³/mol. The van der Waals surface area contributed by atoms with E-state index in [4.69, 9.17) is 0 Å². The summed E-state index contributed by atoms with van der Waals surface area (Å²) in [6, 6.07) is 8.44. The van der Waals surface area contributed by atoms with Gasteiger partial charge in [0.25, 0.3) is 0 Å². The van der Waals surface area contributed by atoms with E-state index in [2.05, 4.69) is 5.32 Å². The highest BCUT2D eigenvalue weighted by atomic mass is 16.4. The van der Waals surface area contributed by atoms with Gasteiger partial charge in [-0.05, 0) is 17.7 Å². The number of aliphatic carboxylic acids is 1. The molecule has 0 saturated heterocycles. The van der Waals surface area contributed by atoms with E-state index in [9.17, 15) is 15.0 Å². The molecule has 19 heavy (non-hydrogen) atoms. The zero-order chi connectivity index (χ0) is 13.7. The van der Waals surface area contributed by atoms with Gasteiger partial charge >= 0.3 is 5.97 Å². The van der Waals surface area contributed by atoms with Gasteiger partial charge in [0.2, 0.25) is 0 Å². The minimum absolute atomic E-state index is 0.117. The molecule has 1 aliphatic carbocycles. The molecule has 0 amide bonds. The maximum absolute atomic E-state index is 11.2. The van der Waals surface area contributed by atoms with Crippen molar-refractivity contribution in [2.45, 2.75) is 12.5 Å². The lowest BCUT2D eigenvalue weighted by Crippen LogP contribution is -2.38. The molecule has 1 aromatic rings. The first-order chi connectivity index (χ1) is 9.16. The summed E-state index contributed by atoms with van der Waals surface area (Å²) in [6.45, 7) is 0. The van der Waals surface area contributed by atoms with E-state index in [1.54, 1.807) is 24.3 Å². The van der Waals surface area contributed by atoms with E-state index >= 15 is 0 Å². The number of carbonyl (C=O) groups is 1. The molecule has 0 bridgehead atoms. The Morgan fingerprint density at radius 1 is 1.11 bits per heavy atom. The number of benzene rings is 1. The minimum Gasteiger partial charge on any atom is -0.494 e. The Hall–Kier alpha value is -2.49. The molecule has 0 heterocycles. The molecule has 0 spiro atoms. The fourth-order valence-corrected chi connectivity index (χ4v) is 1.83. The molecular weight excluding hydrogens is 242 g/mol. The maximum Gasteiger partial charge on any atom is 0.326 e. The number of hydrogen-bond donors (Lipinski definition) is 3. The SMILES string of the molecule is O=C(O)[C@H](Cc1ccccc1)NC(O)=C1C=CC=C1. The molecular formula is C15H15NO3. The minimum atomic E-state index is -0.998. The van der Waals surface area contributed by atoms with Crippen molar-refractivity contribution in [3.8, 4) is 0 Å². The smallest absolute Gasteiger partial charge is 0.326 e. The molecule has 1 aromatic carbocycles. The molecule has 1 atom stereocenters. The quantitative estimate of drug-likeness (QED) is 0.707. The molecule has 1 aliphatic rings. The van der Waals surface area contributed by atoms with Crippen molar-refractivity contribution in [1.82, 2.24) is 5.32 Å². The van der Waals surface area contributed by atoms with Crippen molar-refractivity contribution in [3.63, 3.8) is 0 Å². The topological polar surface area (TPSA) is 69.6 Å². The lowest BCUT2D eigenvalue weighted by Gasteiger charge is -2.15. The Kier molecular flexibility index (Phi) is 4.03. The van der Waals surface area contributed by atoms with Gasteiger partial charge in [0, 0.05) is 12.0 Å². The van der Waals surface area contributed by atoms with Crippen molar-refractivity contribution in [2.75, 3.05) is 0 Å². The molecule has 3 N–H and O–H groups in total. The number of nitrogens with one attached hydrogen (secondary N) is 1. The number of aliphatic hydroxyl groups excluding tert-OH is 1. The third-order valence-corrected chi connectivity index (χ3v) is 2.83. The van der Waals surface area contributed by atoms with Crippen LogP contribution in [0.1, 0.15) is 5.56 Å². The monoisotopic (exact) mass is 257 g/mol. The first kappa shape index (κ1) is 13.0. The number of aliphatic hydroxyl groups is 1. The molecule has 2 rings (SSSR count). The summed E-state index contributed by atoms with van der Waals surface area (Å²) in [5.41, 5.74) is 1.48. The van der Waals surface area contributed by atoms with Crippen molar-refractivity contribution in [2.24, 2.45) is 0 Å². The van der Waals surface area contributed by atoms with Crippen LogP contribution >= 0.6 is 0 Å². The van der Waals surface area contributed by atoms with Gasteiger partial charge in [0.1, 0.15) is 6.04 Å². The van der Waals surface area contributed by atoms with Crippen LogP contribution in [0.2, 0.25) is 0 Å². The standard InChI is InChI=1S/C15H15NO3/c17-14(12-8-4-5-9-12)16-13(15(18)19)10-11-6-2-1-3-7-11/h1-9,13,16-17H,10H2,(H,18,19)/t13-/m0/s1. The summed E-state index contributed by atoms with van der Waals surface area (Å²) in [5.74, 6) is -1.12. The lowest BCUT2D eigenvalue weighted by molar-refractivity contribution is -0.139. The largest absolute Gasteiger partial charge is 0.494 e. The Bertz CT molecular complexity index is 530. The van der Waals surface area contributed by atoms with Crippen molar-refractivity contribution < 1.29 is 15.0 Å². The van der Waals surface area contributed by atoms with Gasteiger partial charge in [0.15, 0.2) is 5.88 Å². The summed E-state index contributed by atoms with van der Waals surface area (Å²) in [5, 5.41) is 21.7. The lowest BCUT2D eigenvalue weighted by atomic mass is 10.1. The van der Waals surface area contributed by atoms with Gasteiger partial charge in [-0.3, -0.25) is 0 Å². The number of hydrogen-bond acceptors (Lipinski definition) is 3. The molecule has 0 fully saturated rings. The van der Waals surface area contributed by atoms with Crippen molar-refractivity contribution in [3.05, 3.63) is 71.7 Å². The highest BCUT2D eigenvalue weighted by molar-refractivity contribution is 5.74. The van der Waals surface area contributed by atoms with Gasteiger partial charge in [-0.2, -0.15) is 0 Å². The molecule has 0 aromatic heterocycles. The second-order valence-electron chi connectivity index (χ2n) is 4.25. The summed E-state index contributed by atoms with van der Waals surface area (Å²) in [6.07, 6.45) is 7.29. The molecule has 0 radical (unpaired) electrons. The fraction of sp³-hybridized carbons (Fsp3) is 0.133. The van der Waals surface area contributed by atoms with Crippen LogP contribution in [0.25, 0.3) is 0 Å². The Morgan fingerprint density at radius 2 is 1.74 bits per heavy atom. The van der Waals surface area contributed by atoms with Crippen LogP contribution in [0.4, 0.5) is 0 Å². The van der Waals surface area contributed by atoms with Gasteiger partial charge in [0.05, 0.1) is 0 Å². The van der Waals surface area contributed by atoms with E-state index in [0.717, 1.165) is 5.56 Å². The van der Waals surface area contributed by atoms with Crippen LogP contribution < -0.4 is 5.32 Å². The van der Waals surface area contributed by atoms with E-state index in [0.29, 0.717) is 12.0 Å². The third kappa shape index (κ3) is 3.48. The van der Waals surface area contributed by atoms with Crippen molar-refractivity contribution in [1.29, 1.82) is 0 Å². The molecule has 0 aliphatic heterocycles. The number of allylic oxidation sites excluding steroid dienone is 5. The second kappa shape index (κ2) is 5.91. The first-order valence-electron chi connectivity index (χ1n) is 5.98. The average Bonchev–Trinajstić information content (AvgIpc) is 2.93. The molecule has 0 unspecified atom stereocenters. The second-order valence-corrected chi connectivity index (χ2v) is 4.25. The van der Waals surface area contributed by atoms with Crippen molar-refractivity contribution >= 4 is 5.97 Å². The van der Waals surface area contributed by atoms with Crippen LogP contribution in [0.5, 0.6) is 0 Å². The highest BCUT2D eigenvalue weighted by Gasteiger charge is 2.19. The van der Waals surface area contributed by atoms with Crippen LogP contribution in [0.15, 0.2) is 66.1 Å². The van der Waals surface area contributed by atoms with Crippen LogP contribution in [-0.4, -0.2) is 22.2 Å². The highest BCUT2D eigenvalue weighted by Crippen LogP contribution is 2.11. The zero-order valence-corrected chi connectivity index (χ0v) is 10.3. The Labute approximate surface area is 111 Å². The summed E-state index contributed by atoms with van der Waals surface area (Å²) in [4.78, 5) is 11.2. The number of rotatable bonds is 5. The van der Waals surface area contributed by atoms with Crippen LogP contribution in [0, 0.1) is 0 Å². The van der Waals surface area contributed by atoms with Gasteiger partial charge < -0.3 is 15.5 Å². The zero-order valence-electron chi connectivity index (χ0n) is 10.3. The average molecular weight is 257 g/mol. The maximum atomic E-state index is 11.2. The van der Waals surface area contributed by atoms with E-state index in [-0.39, 0.29) is 5.88 Å². The van der Waals surface area contributed by atoms with Gasteiger partial charge in [-0.1, -0.05) is 42.5 Å². The van der Waals surface area contributed by atoms with Gasteiger partial charge in [-0.25, -0.2) is 4.79 Å². The Morgan fingerprint density at radius 3 is 2.32 bits per heavy atom. The van der Waals surface area contributed by atoms with E-state index in [1.807, 2.05) is 30.3 Å². The van der Waals surface area contributed by atoms with Crippen LogP contribution in [0.3, 0.4) is 0 Å². The van der Waals surface area contributed by atoms with Crippen LogP contribution in [-0.2, 0) is 11.2 Å².